The Morgan fingerprint density at radius 2 is 2.24 bits per heavy atom. The third-order valence-electron chi connectivity index (χ3n) is 5.56. The molecule has 3 heterocycles. The van der Waals surface area contributed by atoms with Gasteiger partial charge in [-0.05, 0) is 51.1 Å². The van der Waals surface area contributed by atoms with Gasteiger partial charge in [0.25, 0.3) is 0 Å². The smallest absolute Gasteiger partial charge is 0.125 e. The fourth-order valence-corrected chi connectivity index (χ4v) is 4.86. The molecule has 1 N–H and O–H groups in total. The highest BCUT2D eigenvalue weighted by Crippen LogP contribution is 2.47. The predicted molar refractivity (Wildman–Crippen MR) is 87.7 cm³/mol. The third-order valence-corrected chi connectivity index (χ3v) is 6.05. The fourth-order valence-electron chi connectivity index (χ4n) is 4.48. The minimum Gasteiger partial charge on any atom is -0.487 e. The molecule has 4 heteroatoms. The zero-order valence-corrected chi connectivity index (χ0v) is 14.2. The van der Waals surface area contributed by atoms with Crippen LogP contribution in [0.25, 0.3) is 0 Å². The number of rotatable bonds is 1. The van der Waals surface area contributed by atoms with Crippen molar-refractivity contribution in [2.24, 2.45) is 0 Å². The van der Waals surface area contributed by atoms with Gasteiger partial charge in [0.05, 0.1) is 0 Å². The van der Waals surface area contributed by atoms with Gasteiger partial charge in [-0.1, -0.05) is 15.9 Å². The molecule has 3 unspecified atom stereocenters. The Kier molecular flexibility index (Phi) is 3.51. The molecule has 2 fully saturated rings. The van der Waals surface area contributed by atoms with Crippen LogP contribution in [-0.4, -0.2) is 36.7 Å². The molecule has 3 atom stereocenters. The summed E-state index contributed by atoms with van der Waals surface area (Å²) in [6.45, 7) is 2.49. The van der Waals surface area contributed by atoms with Gasteiger partial charge in [0.15, 0.2) is 0 Å². The van der Waals surface area contributed by atoms with Crippen LogP contribution >= 0.6 is 15.9 Å². The lowest BCUT2D eigenvalue weighted by atomic mass is 9.78. The van der Waals surface area contributed by atoms with Crippen LogP contribution in [0.4, 0.5) is 0 Å². The summed E-state index contributed by atoms with van der Waals surface area (Å²) in [6.07, 6.45) is 6.16. The van der Waals surface area contributed by atoms with E-state index in [0.717, 1.165) is 29.1 Å². The minimum atomic E-state index is 0.0417. The quantitative estimate of drug-likeness (QED) is 0.838. The summed E-state index contributed by atoms with van der Waals surface area (Å²) in [4.78, 5) is 2.67. The molecule has 3 aliphatic rings. The first-order valence-electron chi connectivity index (χ1n) is 8.09. The van der Waals surface area contributed by atoms with Crippen LogP contribution in [0.2, 0.25) is 0 Å². The van der Waals surface area contributed by atoms with Gasteiger partial charge in [-0.25, -0.2) is 0 Å². The highest BCUT2D eigenvalue weighted by molar-refractivity contribution is 9.10. The number of nitrogens with zero attached hydrogens (tertiary/aromatic N) is 1. The lowest BCUT2D eigenvalue weighted by Gasteiger charge is -2.48. The van der Waals surface area contributed by atoms with E-state index in [1.807, 2.05) is 0 Å². The van der Waals surface area contributed by atoms with Gasteiger partial charge < -0.3 is 15.0 Å². The van der Waals surface area contributed by atoms with E-state index in [4.69, 9.17) is 4.74 Å². The summed E-state index contributed by atoms with van der Waals surface area (Å²) >= 11 is 3.58. The molecule has 2 saturated heterocycles. The zero-order chi connectivity index (χ0) is 14.4. The van der Waals surface area contributed by atoms with Crippen molar-refractivity contribution < 1.29 is 4.74 Å². The van der Waals surface area contributed by atoms with Crippen molar-refractivity contribution in [2.75, 3.05) is 20.1 Å². The first kappa shape index (κ1) is 14.0. The molecular formula is C17H23BrN2O. The van der Waals surface area contributed by atoms with Gasteiger partial charge in [0, 0.05) is 41.5 Å². The SMILES string of the molecule is CNC1CC2(CCN3CCCC3C2)Oc2ccc(Br)cc21. The summed E-state index contributed by atoms with van der Waals surface area (Å²) in [6, 6.07) is 7.57. The molecule has 1 aromatic rings. The van der Waals surface area contributed by atoms with E-state index in [2.05, 4.69) is 51.4 Å². The summed E-state index contributed by atoms with van der Waals surface area (Å²) in [7, 11) is 2.07. The monoisotopic (exact) mass is 350 g/mol. The first-order valence-corrected chi connectivity index (χ1v) is 8.88. The van der Waals surface area contributed by atoms with E-state index in [1.54, 1.807) is 0 Å². The Morgan fingerprint density at radius 1 is 1.33 bits per heavy atom. The Balaban J connectivity index is 1.65. The molecular weight excluding hydrogens is 328 g/mol. The van der Waals surface area contributed by atoms with Crippen molar-refractivity contribution in [2.45, 2.75) is 49.8 Å². The molecule has 3 nitrogen and oxygen atoms in total. The number of hydrogen-bond acceptors (Lipinski definition) is 3. The fraction of sp³-hybridized carbons (Fsp3) is 0.647. The second-order valence-corrected chi connectivity index (χ2v) is 7.71. The van der Waals surface area contributed by atoms with Crippen LogP contribution in [-0.2, 0) is 0 Å². The number of piperidine rings is 1. The molecule has 21 heavy (non-hydrogen) atoms. The maximum Gasteiger partial charge on any atom is 0.125 e. The number of fused-ring (bicyclic) bond motifs is 2. The largest absolute Gasteiger partial charge is 0.487 e. The van der Waals surface area contributed by atoms with Gasteiger partial charge in [0.1, 0.15) is 11.4 Å². The van der Waals surface area contributed by atoms with Crippen molar-refractivity contribution >= 4 is 15.9 Å². The van der Waals surface area contributed by atoms with Crippen LogP contribution in [0.15, 0.2) is 22.7 Å². The molecule has 114 valence electrons. The average molecular weight is 351 g/mol. The Bertz CT molecular complexity index is 550. The van der Waals surface area contributed by atoms with E-state index in [0.29, 0.717) is 6.04 Å². The number of ether oxygens (including phenoxy) is 1. The van der Waals surface area contributed by atoms with E-state index in [1.165, 1.54) is 37.9 Å². The number of halogens is 1. The Hall–Kier alpha value is -0.580. The van der Waals surface area contributed by atoms with Crippen LogP contribution in [0.1, 0.15) is 43.7 Å². The Labute approximate surface area is 135 Å². The van der Waals surface area contributed by atoms with Crippen LogP contribution < -0.4 is 10.1 Å². The number of benzene rings is 1. The molecule has 0 aromatic heterocycles. The first-order chi connectivity index (χ1) is 10.2. The highest BCUT2D eigenvalue weighted by atomic mass is 79.9. The number of nitrogens with one attached hydrogen (secondary N) is 1. The molecule has 0 bridgehead atoms. The average Bonchev–Trinajstić information content (AvgIpc) is 2.94. The summed E-state index contributed by atoms with van der Waals surface area (Å²) in [5.41, 5.74) is 1.34. The van der Waals surface area contributed by atoms with Crippen molar-refractivity contribution in [3.8, 4) is 5.75 Å². The normalized spacial score (nSPS) is 35.3. The Morgan fingerprint density at radius 3 is 3.10 bits per heavy atom. The summed E-state index contributed by atoms with van der Waals surface area (Å²) in [5, 5.41) is 3.50. The second-order valence-electron chi connectivity index (χ2n) is 6.80. The van der Waals surface area contributed by atoms with Crippen molar-refractivity contribution in [3.05, 3.63) is 28.2 Å². The predicted octanol–water partition coefficient (Wildman–Crippen LogP) is 3.49. The molecule has 1 aromatic carbocycles. The van der Waals surface area contributed by atoms with Gasteiger partial charge in [-0.2, -0.15) is 0 Å². The van der Waals surface area contributed by atoms with E-state index >= 15 is 0 Å². The van der Waals surface area contributed by atoms with Crippen LogP contribution in [0.5, 0.6) is 5.75 Å². The third kappa shape index (κ3) is 2.41. The molecule has 4 rings (SSSR count). The summed E-state index contributed by atoms with van der Waals surface area (Å²) < 4.78 is 7.70. The topological polar surface area (TPSA) is 24.5 Å². The van der Waals surface area contributed by atoms with Gasteiger partial charge in [0.2, 0.25) is 0 Å². The van der Waals surface area contributed by atoms with Crippen molar-refractivity contribution in [1.29, 1.82) is 0 Å². The van der Waals surface area contributed by atoms with Gasteiger partial charge in [-0.3, -0.25) is 0 Å². The highest BCUT2D eigenvalue weighted by Gasteiger charge is 2.47. The van der Waals surface area contributed by atoms with E-state index in [-0.39, 0.29) is 5.60 Å². The van der Waals surface area contributed by atoms with Crippen LogP contribution in [0, 0.1) is 0 Å². The molecule has 0 amide bonds. The summed E-state index contributed by atoms with van der Waals surface area (Å²) in [5.74, 6) is 1.08. The molecule has 0 saturated carbocycles. The van der Waals surface area contributed by atoms with Crippen molar-refractivity contribution in [1.82, 2.24) is 10.2 Å². The molecule has 3 aliphatic heterocycles. The standard InChI is InChI=1S/C17H23BrN2O/c1-19-15-11-17(6-8-20-7-2-3-13(20)10-17)21-16-5-4-12(18)9-14(15)16/h4-5,9,13,15,19H,2-3,6-8,10-11H2,1H3. The van der Waals surface area contributed by atoms with Crippen molar-refractivity contribution in [3.63, 3.8) is 0 Å². The molecule has 1 spiro atoms. The number of hydrogen-bond donors (Lipinski definition) is 1. The molecule has 0 radical (unpaired) electrons. The lowest BCUT2D eigenvalue weighted by Crippen LogP contribution is -2.53. The minimum absolute atomic E-state index is 0.0417. The molecule has 0 aliphatic carbocycles. The second kappa shape index (κ2) is 5.25. The maximum absolute atomic E-state index is 6.57. The van der Waals surface area contributed by atoms with E-state index < -0.39 is 0 Å². The lowest BCUT2D eigenvalue weighted by molar-refractivity contribution is -0.0385. The zero-order valence-electron chi connectivity index (χ0n) is 12.6. The van der Waals surface area contributed by atoms with Gasteiger partial charge in [-0.15, -0.1) is 0 Å². The van der Waals surface area contributed by atoms with Gasteiger partial charge >= 0.3 is 0 Å². The van der Waals surface area contributed by atoms with E-state index in [9.17, 15) is 0 Å². The van der Waals surface area contributed by atoms with Crippen LogP contribution in [0.3, 0.4) is 0 Å². The maximum atomic E-state index is 6.57.